The summed E-state index contributed by atoms with van der Waals surface area (Å²) in [7, 11) is -3.44. The Morgan fingerprint density at radius 1 is 1.31 bits per heavy atom. The first-order valence-corrected chi connectivity index (χ1v) is 10.4. The van der Waals surface area contributed by atoms with Crippen LogP contribution in [0.1, 0.15) is 19.8 Å². The van der Waals surface area contributed by atoms with Gasteiger partial charge >= 0.3 is 0 Å². The first-order valence-electron chi connectivity index (χ1n) is 8.91. The zero-order valence-corrected chi connectivity index (χ0v) is 18.5. The van der Waals surface area contributed by atoms with Crippen LogP contribution in [0.2, 0.25) is 0 Å². The Kier molecular flexibility index (Phi) is 9.55. The summed E-state index contributed by atoms with van der Waals surface area (Å²) in [6, 6.07) is 4.57. The van der Waals surface area contributed by atoms with Gasteiger partial charge in [0.2, 0.25) is 5.91 Å². The SMILES string of the molecule is C[C@H]1CN(C(=O)CCN)CCCN1S(O)(O)c1cccc2cncc(F)c12.Cl.Cl. The molecule has 2 aromatic rings. The van der Waals surface area contributed by atoms with Crippen molar-refractivity contribution < 1.29 is 18.3 Å². The second-order valence-corrected chi connectivity index (χ2v) is 8.66. The standard InChI is InChI=1S/C18H25FN4O3S.2ClH/c1-13-12-22(17(24)6-7-20)8-3-9-23(13)27(25,26)16-5-2-4-14-10-21-11-15(19)18(14)16;;/h2,4-5,10-11,13,25-26H,3,6-9,12,20H2,1H3;2*1H/t13-;;/m0../s1. The molecule has 0 spiro atoms. The molecule has 1 aromatic heterocycles. The normalized spacial score (nSPS) is 18.5. The lowest BCUT2D eigenvalue weighted by Crippen LogP contribution is -2.42. The second kappa shape index (κ2) is 10.7. The fourth-order valence-electron chi connectivity index (χ4n) is 3.54. The summed E-state index contributed by atoms with van der Waals surface area (Å²) in [5.41, 5.74) is 5.47. The van der Waals surface area contributed by atoms with Crippen molar-refractivity contribution in [2.45, 2.75) is 30.7 Å². The van der Waals surface area contributed by atoms with Gasteiger partial charge in [-0.3, -0.25) is 18.9 Å². The van der Waals surface area contributed by atoms with Crippen LogP contribution >= 0.6 is 35.6 Å². The molecule has 11 heteroatoms. The quantitative estimate of drug-likeness (QED) is 0.634. The highest BCUT2D eigenvalue weighted by atomic mass is 35.5. The van der Waals surface area contributed by atoms with E-state index in [4.69, 9.17) is 5.73 Å². The molecule has 1 saturated heterocycles. The Balaban J connectivity index is 0.00000210. The average molecular weight is 469 g/mol. The summed E-state index contributed by atoms with van der Waals surface area (Å²) < 4.78 is 38.2. The Bertz CT molecular complexity index is 841. The first-order chi connectivity index (χ1) is 12.9. The molecule has 4 N–H and O–H groups in total. The number of hydrogen-bond donors (Lipinski definition) is 3. The number of carbonyl (C=O) groups is 1. The van der Waals surface area contributed by atoms with Gasteiger partial charge in [0.1, 0.15) is 0 Å². The minimum atomic E-state index is -3.44. The molecule has 0 saturated carbocycles. The predicted octanol–water partition coefficient (Wildman–Crippen LogP) is 3.51. The molecule has 0 unspecified atom stereocenters. The summed E-state index contributed by atoms with van der Waals surface area (Å²) in [5.74, 6) is -0.629. The van der Waals surface area contributed by atoms with Crippen LogP contribution in [0.4, 0.5) is 4.39 Å². The number of amides is 1. The van der Waals surface area contributed by atoms with Gasteiger partial charge in [0.15, 0.2) is 5.82 Å². The molecule has 164 valence electrons. The molecular weight excluding hydrogens is 442 g/mol. The summed E-state index contributed by atoms with van der Waals surface area (Å²) in [6.45, 7) is 3.41. The molecule has 1 aliphatic rings. The topological polar surface area (TPSA) is 103 Å². The molecule has 1 aromatic carbocycles. The first kappa shape index (κ1) is 25.8. The minimum Gasteiger partial charge on any atom is -0.341 e. The lowest BCUT2D eigenvalue weighted by molar-refractivity contribution is -0.131. The molecule has 1 amide bonds. The van der Waals surface area contributed by atoms with Crippen LogP contribution in [0.15, 0.2) is 35.5 Å². The number of fused-ring (bicyclic) bond motifs is 1. The van der Waals surface area contributed by atoms with Crippen molar-refractivity contribution in [2.75, 3.05) is 26.2 Å². The Hall–Kier alpha value is -1.20. The zero-order valence-electron chi connectivity index (χ0n) is 16.0. The van der Waals surface area contributed by atoms with Gasteiger partial charge in [-0.05, 0) is 19.4 Å². The highest BCUT2D eigenvalue weighted by molar-refractivity contribution is 8.22. The van der Waals surface area contributed by atoms with Gasteiger partial charge in [0.05, 0.1) is 11.1 Å². The van der Waals surface area contributed by atoms with Crippen LogP contribution in [-0.2, 0) is 4.79 Å². The van der Waals surface area contributed by atoms with Crippen LogP contribution < -0.4 is 5.73 Å². The maximum atomic E-state index is 14.4. The van der Waals surface area contributed by atoms with Crippen molar-refractivity contribution in [3.63, 3.8) is 0 Å². The van der Waals surface area contributed by atoms with E-state index in [-0.39, 0.29) is 60.0 Å². The predicted molar refractivity (Wildman–Crippen MR) is 118 cm³/mol. The molecule has 1 aliphatic heterocycles. The highest BCUT2D eigenvalue weighted by Gasteiger charge is 2.34. The van der Waals surface area contributed by atoms with Crippen molar-refractivity contribution in [1.82, 2.24) is 14.2 Å². The Morgan fingerprint density at radius 2 is 2.03 bits per heavy atom. The van der Waals surface area contributed by atoms with Crippen LogP contribution in [-0.4, -0.2) is 61.4 Å². The van der Waals surface area contributed by atoms with E-state index in [1.54, 1.807) is 21.3 Å². The molecule has 2 heterocycles. The van der Waals surface area contributed by atoms with Gasteiger partial charge in [-0.15, -0.1) is 35.6 Å². The number of rotatable bonds is 4. The van der Waals surface area contributed by atoms with E-state index in [0.29, 0.717) is 31.4 Å². The van der Waals surface area contributed by atoms with E-state index in [1.807, 2.05) is 6.92 Å². The Morgan fingerprint density at radius 3 is 2.72 bits per heavy atom. The lowest BCUT2D eigenvalue weighted by Gasteiger charge is -2.46. The van der Waals surface area contributed by atoms with E-state index in [0.717, 1.165) is 6.20 Å². The Labute approximate surface area is 183 Å². The summed E-state index contributed by atoms with van der Waals surface area (Å²) in [4.78, 5) is 17.9. The van der Waals surface area contributed by atoms with Crippen molar-refractivity contribution >= 4 is 52.3 Å². The second-order valence-electron chi connectivity index (χ2n) is 6.72. The highest BCUT2D eigenvalue weighted by Crippen LogP contribution is 2.55. The van der Waals surface area contributed by atoms with Gasteiger partial charge < -0.3 is 10.6 Å². The van der Waals surface area contributed by atoms with E-state index in [2.05, 4.69) is 4.98 Å². The lowest BCUT2D eigenvalue weighted by atomic mass is 10.2. The largest absolute Gasteiger partial charge is 0.341 e. The van der Waals surface area contributed by atoms with Crippen molar-refractivity contribution in [2.24, 2.45) is 5.73 Å². The summed E-state index contributed by atoms with van der Waals surface area (Å²) in [6.07, 6.45) is 3.42. The van der Waals surface area contributed by atoms with E-state index in [9.17, 15) is 18.3 Å². The number of nitrogens with zero attached hydrogens (tertiary/aromatic N) is 3. The maximum Gasteiger partial charge on any atom is 0.223 e. The van der Waals surface area contributed by atoms with Crippen LogP contribution in [0.3, 0.4) is 0 Å². The van der Waals surface area contributed by atoms with Crippen LogP contribution in [0, 0.1) is 5.82 Å². The number of halogens is 3. The maximum absolute atomic E-state index is 14.4. The smallest absolute Gasteiger partial charge is 0.223 e. The third-order valence-electron chi connectivity index (χ3n) is 4.81. The van der Waals surface area contributed by atoms with Gasteiger partial charge in [-0.25, -0.2) is 4.39 Å². The monoisotopic (exact) mass is 468 g/mol. The number of nitrogens with two attached hydrogens (primary N) is 1. The van der Waals surface area contributed by atoms with Gasteiger partial charge in [-0.2, -0.15) is 4.31 Å². The zero-order chi connectivity index (χ0) is 19.6. The summed E-state index contributed by atoms with van der Waals surface area (Å²) in [5, 5.41) is 0.676. The molecule has 0 radical (unpaired) electrons. The molecule has 0 bridgehead atoms. The van der Waals surface area contributed by atoms with Crippen molar-refractivity contribution in [3.05, 3.63) is 36.4 Å². The summed E-state index contributed by atoms with van der Waals surface area (Å²) >= 11 is 0. The van der Waals surface area contributed by atoms with Gasteiger partial charge in [0, 0.05) is 55.6 Å². The van der Waals surface area contributed by atoms with Gasteiger partial charge in [0.25, 0.3) is 0 Å². The van der Waals surface area contributed by atoms with E-state index in [1.165, 1.54) is 12.3 Å². The third-order valence-corrected chi connectivity index (χ3v) is 6.94. The number of pyridine rings is 1. The fraction of sp³-hybridized carbons (Fsp3) is 0.444. The molecular formula is C18H27Cl2FN4O3S. The van der Waals surface area contributed by atoms with Gasteiger partial charge in [-0.1, -0.05) is 12.1 Å². The van der Waals surface area contributed by atoms with Crippen LogP contribution in [0.25, 0.3) is 10.8 Å². The van der Waals surface area contributed by atoms with Crippen molar-refractivity contribution in [1.29, 1.82) is 0 Å². The fourth-order valence-corrected chi connectivity index (χ4v) is 5.49. The minimum absolute atomic E-state index is 0. The number of hydrogen-bond acceptors (Lipinski definition) is 6. The molecule has 0 aliphatic carbocycles. The van der Waals surface area contributed by atoms with Crippen molar-refractivity contribution in [3.8, 4) is 0 Å². The van der Waals surface area contributed by atoms with E-state index < -0.39 is 16.6 Å². The molecule has 29 heavy (non-hydrogen) atoms. The molecule has 3 rings (SSSR count). The third kappa shape index (κ3) is 5.29. The average Bonchev–Trinajstić information content (AvgIpc) is 2.84. The number of benzene rings is 1. The molecule has 1 fully saturated rings. The molecule has 1 atom stereocenters. The number of aromatic nitrogens is 1. The van der Waals surface area contributed by atoms with Crippen LogP contribution in [0.5, 0.6) is 0 Å². The number of carbonyl (C=O) groups excluding carboxylic acids is 1. The van der Waals surface area contributed by atoms with E-state index >= 15 is 0 Å². The molecule has 7 nitrogen and oxygen atoms in total.